The van der Waals surface area contributed by atoms with Gasteiger partial charge in [-0.25, -0.2) is 0 Å². The standard InChI is InChI=1S/C22H30O3/c1-3-4-6-11-18-17-12-15-21(17)19-13-14-20(2,24-21)25-22(19,23-18)16-9-7-5-8-10-16/h5,7-10,17-19H,3-4,6,11-15H2,1-2H3/t17-,18+,19+,20-,21+,22+/m1/s1. The summed E-state index contributed by atoms with van der Waals surface area (Å²) in [6, 6.07) is 10.6. The van der Waals surface area contributed by atoms with Crippen LogP contribution in [0.5, 0.6) is 0 Å². The van der Waals surface area contributed by atoms with E-state index in [9.17, 15) is 0 Å². The van der Waals surface area contributed by atoms with Crippen molar-refractivity contribution in [3.05, 3.63) is 35.9 Å². The Labute approximate surface area is 151 Å². The van der Waals surface area contributed by atoms with E-state index in [0.717, 1.165) is 19.3 Å². The van der Waals surface area contributed by atoms with E-state index in [2.05, 4.69) is 44.2 Å². The second-order valence-electron chi connectivity index (χ2n) is 8.71. The van der Waals surface area contributed by atoms with Gasteiger partial charge in [0.15, 0.2) is 5.79 Å². The van der Waals surface area contributed by atoms with Crippen LogP contribution in [0.3, 0.4) is 0 Å². The van der Waals surface area contributed by atoms with Crippen LogP contribution in [0, 0.1) is 11.8 Å². The van der Waals surface area contributed by atoms with E-state index in [-0.39, 0.29) is 11.7 Å². The molecule has 4 heterocycles. The van der Waals surface area contributed by atoms with Gasteiger partial charge >= 0.3 is 0 Å². The molecule has 4 aliphatic heterocycles. The molecule has 3 heteroatoms. The molecular weight excluding hydrogens is 312 g/mol. The van der Waals surface area contributed by atoms with Gasteiger partial charge < -0.3 is 14.2 Å². The highest BCUT2D eigenvalue weighted by Gasteiger charge is 2.75. The van der Waals surface area contributed by atoms with E-state index in [1.165, 1.54) is 37.7 Å². The Morgan fingerprint density at radius 1 is 1.04 bits per heavy atom. The number of fused-ring (bicyclic) bond motifs is 1. The first-order valence-electron chi connectivity index (χ1n) is 10.3. The SMILES string of the molecule is CCCCC[C@@H]1O[C@@]2(c3ccccc3)O[C@]3(C)CC[C@H]2[C@@]2(CC[C@H]12)O3. The van der Waals surface area contributed by atoms with E-state index in [4.69, 9.17) is 14.2 Å². The Balaban J connectivity index is 1.56. The average molecular weight is 342 g/mol. The quantitative estimate of drug-likeness (QED) is 0.693. The third-order valence-electron chi connectivity index (χ3n) is 7.23. The topological polar surface area (TPSA) is 27.7 Å². The van der Waals surface area contributed by atoms with Crippen molar-refractivity contribution in [2.75, 3.05) is 0 Å². The summed E-state index contributed by atoms with van der Waals surface area (Å²) in [6.07, 6.45) is 9.69. The second kappa shape index (κ2) is 5.55. The van der Waals surface area contributed by atoms with Gasteiger partial charge in [0.2, 0.25) is 5.79 Å². The fourth-order valence-corrected chi connectivity index (χ4v) is 6.07. The third kappa shape index (κ3) is 2.15. The first-order valence-corrected chi connectivity index (χ1v) is 10.3. The Bertz CT molecular complexity index is 646. The van der Waals surface area contributed by atoms with Gasteiger partial charge in [-0.3, -0.25) is 0 Å². The molecule has 0 radical (unpaired) electrons. The summed E-state index contributed by atoms with van der Waals surface area (Å²) < 4.78 is 20.3. The summed E-state index contributed by atoms with van der Waals surface area (Å²) in [6.45, 7) is 4.39. The molecule has 0 amide bonds. The fraction of sp³-hybridized carbons (Fsp3) is 0.727. The van der Waals surface area contributed by atoms with E-state index >= 15 is 0 Å². The van der Waals surface area contributed by atoms with Gasteiger partial charge in [-0.2, -0.15) is 0 Å². The van der Waals surface area contributed by atoms with Crippen LogP contribution in [0.15, 0.2) is 30.3 Å². The second-order valence-corrected chi connectivity index (χ2v) is 8.71. The first-order chi connectivity index (χ1) is 12.1. The number of hydrogen-bond donors (Lipinski definition) is 0. The Morgan fingerprint density at radius 2 is 1.88 bits per heavy atom. The maximum atomic E-state index is 6.90. The van der Waals surface area contributed by atoms with Crippen molar-refractivity contribution in [3.63, 3.8) is 0 Å². The van der Waals surface area contributed by atoms with Gasteiger partial charge in [0.25, 0.3) is 0 Å². The van der Waals surface area contributed by atoms with Crippen LogP contribution in [-0.4, -0.2) is 17.5 Å². The van der Waals surface area contributed by atoms with Crippen LogP contribution in [0.1, 0.15) is 70.8 Å². The average Bonchev–Trinajstić information content (AvgIpc) is 2.60. The molecule has 6 atom stereocenters. The van der Waals surface area contributed by atoms with E-state index in [1.807, 2.05) is 0 Å². The van der Waals surface area contributed by atoms with E-state index < -0.39 is 11.6 Å². The lowest BCUT2D eigenvalue weighted by molar-refractivity contribution is -0.541. The maximum Gasteiger partial charge on any atom is 0.203 e. The molecule has 5 aliphatic rings. The number of ether oxygens (including phenoxy) is 3. The lowest BCUT2D eigenvalue weighted by Gasteiger charge is -2.73. The molecule has 136 valence electrons. The predicted octanol–water partition coefficient (Wildman–Crippen LogP) is 5.14. The maximum absolute atomic E-state index is 6.90. The van der Waals surface area contributed by atoms with Gasteiger partial charge in [-0.05, 0) is 32.6 Å². The minimum absolute atomic E-state index is 0.0176. The molecule has 25 heavy (non-hydrogen) atoms. The monoisotopic (exact) mass is 342 g/mol. The molecule has 3 nitrogen and oxygen atoms in total. The summed E-state index contributed by atoms with van der Waals surface area (Å²) in [5.74, 6) is -0.238. The molecule has 0 unspecified atom stereocenters. The number of hydrogen-bond acceptors (Lipinski definition) is 3. The van der Waals surface area contributed by atoms with Crippen molar-refractivity contribution in [1.29, 1.82) is 0 Å². The summed E-state index contributed by atoms with van der Waals surface area (Å²) >= 11 is 0. The lowest BCUT2D eigenvalue weighted by atomic mass is 9.52. The molecule has 1 aromatic carbocycles. The van der Waals surface area contributed by atoms with Crippen LogP contribution in [0.2, 0.25) is 0 Å². The zero-order chi connectivity index (χ0) is 17.1. The van der Waals surface area contributed by atoms with Crippen LogP contribution < -0.4 is 0 Å². The minimum atomic E-state index is -0.611. The van der Waals surface area contributed by atoms with Gasteiger partial charge in [0.1, 0.15) is 0 Å². The summed E-state index contributed by atoms with van der Waals surface area (Å²) in [5.41, 5.74) is 1.16. The minimum Gasteiger partial charge on any atom is -0.343 e. The molecule has 0 aromatic heterocycles. The Hall–Kier alpha value is -0.900. The molecule has 1 aromatic rings. The summed E-state index contributed by atoms with van der Waals surface area (Å²) in [5, 5.41) is 0. The van der Waals surface area contributed by atoms with Crippen LogP contribution in [-0.2, 0) is 20.0 Å². The largest absolute Gasteiger partial charge is 0.343 e. The smallest absolute Gasteiger partial charge is 0.203 e. The predicted molar refractivity (Wildman–Crippen MR) is 95.9 cm³/mol. The zero-order valence-corrected chi connectivity index (χ0v) is 15.5. The third-order valence-corrected chi connectivity index (χ3v) is 7.23. The molecule has 1 aliphatic carbocycles. The van der Waals surface area contributed by atoms with Gasteiger partial charge in [0.05, 0.1) is 11.7 Å². The molecular formula is C22H30O3. The van der Waals surface area contributed by atoms with E-state index in [1.54, 1.807) is 0 Å². The van der Waals surface area contributed by atoms with Gasteiger partial charge in [-0.1, -0.05) is 56.5 Å². The molecule has 0 N–H and O–H groups in total. The number of rotatable bonds is 5. The van der Waals surface area contributed by atoms with Gasteiger partial charge in [-0.15, -0.1) is 0 Å². The molecule has 4 bridgehead atoms. The van der Waals surface area contributed by atoms with Gasteiger partial charge in [0, 0.05) is 23.8 Å². The van der Waals surface area contributed by atoms with Crippen LogP contribution in [0.25, 0.3) is 0 Å². The highest BCUT2D eigenvalue weighted by atomic mass is 16.8. The molecule has 5 fully saturated rings. The Kier molecular flexibility index (Phi) is 3.61. The van der Waals surface area contributed by atoms with Crippen molar-refractivity contribution in [1.82, 2.24) is 0 Å². The van der Waals surface area contributed by atoms with Crippen LogP contribution >= 0.6 is 0 Å². The van der Waals surface area contributed by atoms with Crippen molar-refractivity contribution in [3.8, 4) is 0 Å². The van der Waals surface area contributed by atoms with Crippen molar-refractivity contribution >= 4 is 0 Å². The number of benzene rings is 1. The molecule has 1 spiro atoms. The highest BCUT2D eigenvalue weighted by Crippen LogP contribution is 2.69. The summed E-state index contributed by atoms with van der Waals surface area (Å²) in [4.78, 5) is 0. The highest BCUT2D eigenvalue weighted by molar-refractivity contribution is 5.29. The van der Waals surface area contributed by atoms with Crippen LogP contribution in [0.4, 0.5) is 0 Å². The zero-order valence-electron chi connectivity index (χ0n) is 15.5. The summed E-state index contributed by atoms with van der Waals surface area (Å²) in [7, 11) is 0. The van der Waals surface area contributed by atoms with Crippen molar-refractivity contribution < 1.29 is 14.2 Å². The van der Waals surface area contributed by atoms with Crippen molar-refractivity contribution in [2.45, 2.75) is 88.5 Å². The Morgan fingerprint density at radius 3 is 2.56 bits per heavy atom. The first kappa shape index (κ1) is 16.3. The molecule has 6 rings (SSSR count). The number of unbranched alkanes of at least 4 members (excludes halogenated alkanes) is 2. The van der Waals surface area contributed by atoms with Crippen molar-refractivity contribution in [2.24, 2.45) is 11.8 Å². The normalized spacial score (nSPS) is 47.2. The van der Waals surface area contributed by atoms with E-state index in [0.29, 0.717) is 11.8 Å². The molecule has 1 saturated carbocycles. The lowest BCUT2D eigenvalue weighted by Crippen LogP contribution is -2.79. The fourth-order valence-electron chi connectivity index (χ4n) is 6.07. The molecule has 4 saturated heterocycles.